The summed E-state index contributed by atoms with van der Waals surface area (Å²) in [5.74, 6) is 0. The van der Waals surface area contributed by atoms with Gasteiger partial charge in [0.15, 0.2) is 0 Å². The third-order valence-corrected chi connectivity index (χ3v) is 7.41. The fourth-order valence-corrected chi connectivity index (χ4v) is 5.88. The molecule has 0 atom stereocenters. The molecule has 162 valence electrons. The van der Waals surface area contributed by atoms with Crippen LogP contribution in [0.1, 0.15) is 0 Å². The van der Waals surface area contributed by atoms with Gasteiger partial charge in [0.1, 0.15) is 11.2 Å². The van der Waals surface area contributed by atoms with E-state index >= 15 is 0 Å². The minimum atomic E-state index is 0.926. The van der Waals surface area contributed by atoms with Crippen LogP contribution in [0.3, 0.4) is 0 Å². The fourth-order valence-electron chi connectivity index (χ4n) is 5.88. The Balaban J connectivity index is 1.63. The molecule has 1 heteroatoms. The lowest BCUT2D eigenvalue weighted by Gasteiger charge is -2.15. The highest BCUT2D eigenvalue weighted by Crippen LogP contribution is 2.45. The van der Waals surface area contributed by atoms with Gasteiger partial charge in [-0.1, -0.05) is 103 Å². The molecule has 1 heterocycles. The number of rotatable bonds is 1. The van der Waals surface area contributed by atoms with Gasteiger partial charge in [-0.15, -0.1) is 0 Å². The van der Waals surface area contributed by atoms with E-state index in [4.69, 9.17) is 4.42 Å². The van der Waals surface area contributed by atoms with E-state index in [1.165, 1.54) is 54.2 Å². The Morgan fingerprint density at radius 3 is 1.91 bits per heavy atom. The summed E-state index contributed by atoms with van der Waals surface area (Å²) in [5, 5.41) is 12.3. The molecule has 0 spiro atoms. The number of furan rings is 1. The average molecular weight is 445 g/mol. The zero-order chi connectivity index (χ0) is 22.9. The summed E-state index contributed by atoms with van der Waals surface area (Å²) in [6.45, 7) is 0. The molecule has 0 bridgehead atoms. The van der Waals surface area contributed by atoms with Gasteiger partial charge in [-0.05, 0) is 67.0 Å². The van der Waals surface area contributed by atoms with Crippen LogP contribution in [-0.2, 0) is 0 Å². The van der Waals surface area contributed by atoms with Crippen LogP contribution >= 0.6 is 0 Å². The molecule has 0 saturated carbocycles. The van der Waals surface area contributed by atoms with E-state index in [-0.39, 0.29) is 0 Å². The van der Waals surface area contributed by atoms with E-state index in [9.17, 15) is 0 Å². The lowest BCUT2D eigenvalue weighted by molar-refractivity contribution is 0.673. The normalized spacial score (nSPS) is 12.0. The zero-order valence-electron chi connectivity index (χ0n) is 19.0. The Kier molecular flexibility index (Phi) is 3.72. The van der Waals surface area contributed by atoms with Crippen LogP contribution in [0.5, 0.6) is 0 Å². The van der Waals surface area contributed by atoms with Crippen molar-refractivity contribution in [2.24, 2.45) is 0 Å². The first-order valence-electron chi connectivity index (χ1n) is 12.0. The van der Waals surface area contributed by atoms with Crippen molar-refractivity contribution < 1.29 is 4.42 Å². The predicted octanol–water partition coefficient (Wildman–Crippen LogP) is 9.87. The summed E-state index contributed by atoms with van der Waals surface area (Å²) in [6, 6.07) is 43.6. The van der Waals surface area contributed by atoms with E-state index < -0.39 is 0 Å². The van der Waals surface area contributed by atoms with Gasteiger partial charge in [0.2, 0.25) is 0 Å². The average Bonchev–Trinajstić information content (AvgIpc) is 3.31. The maximum atomic E-state index is 6.54. The first kappa shape index (κ1) is 18.8. The second kappa shape index (κ2) is 6.94. The lowest BCUT2D eigenvalue weighted by atomic mass is 9.87. The third kappa shape index (κ3) is 2.58. The molecule has 1 aromatic heterocycles. The molecule has 8 rings (SSSR count). The van der Waals surface area contributed by atoms with Crippen molar-refractivity contribution in [3.63, 3.8) is 0 Å². The van der Waals surface area contributed by atoms with Gasteiger partial charge in [-0.2, -0.15) is 0 Å². The highest BCUT2D eigenvalue weighted by Gasteiger charge is 2.19. The minimum absolute atomic E-state index is 0.926. The molecule has 0 saturated heterocycles. The molecule has 0 amide bonds. The second-order valence-corrected chi connectivity index (χ2v) is 9.30. The molecule has 0 radical (unpaired) electrons. The quantitative estimate of drug-likeness (QED) is 0.181. The largest absolute Gasteiger partial charge is 0.455 e. The number of hydrogen-bond acceptors (Lipinski definition) is 1. The van der Waals surface area contributed by atoms with E-state index in [0.29, 0.717) is 0 Å². The van der Waals surface area contributed by atoms with E-state index in [1.54, 1.807) is 0 Å². The molecule has 0 fully saturated rings. The summed E-state index contributed by atoms with van der Waals surface area (Å²) in [6.07, 6.45) is 0. The first-order valence-corrected chi connectivity index (χ1v) is 12.0. The van der Waals surface area contributed by atoms with Gasteiger partial charge in [0, 0.05) is 16.2 Å². The van der Waals surface area contributed by atoms with Crippen molar-refractivity contribution in [1.82, 2.24) is 0 Å². The summed E-state index contributed by atoms with van der Waals surface area (Å²) in [5.41, 5.74) is 4.38. The molecule has 7 aromatic carbocycles. The standard InChI is InChI=1S/C34H20O/c1-4-11-25-21(8-1)16-17-24-20-23-10-3-5-12-26(23)33(31(24)25)28-14-7-15-30-32(28)29-19-18-22-9-2-6-13-27(22)34(29)35-30/h1-20H. The van der Waals surface area contributed by atoms with Gasteiger partial charge < -0.3 is 4.42 Å². The second-order valence-electron chi connectivity index (χ2n) is 9.30. The van der Waals surface area contributed by atoms with Crippen LogP contribution in [-0.4, -0.2) is 0 Å². The van der Waals surface area contributed by atoms with Crippen LogP contribution in [0.15, 0.2) is 126 Å². The molecular formula is C34H20O. The third-order valence-electron chi connectivity index (χ3n) is 7.41. The fraction of sp³-hybridized carbons (Fsp3) is 0. The zero-order valence-corrected chi connectivity index (χ0v) is 19.0. The van der Waals surface area contributed by atoms with E-state index in [1.807, 2.05) is 0 Å². The van der Waals surface area contributed by atoms with Crippen LogP contribution in [0.4, 0.5) is 0 Å². The van der Waals surface area contributed by atoms with Crippen molar-refractivity contribution in [3.8, 4) is 11.1 Å². The van der Waals surface area contributed by atoms with Crippen molar-refractivity contribution in [2.45, 2.75) is 0 Å². The molecule has 1 nitrogen and oxygen atoms in total. The monoisotopic (exact) mass is 444 g/mol. The van der Waals surface area contributed by atoms with Gasteiger partial charge >= 0.3 is 0 Å². The van der Waals surface area contributed by atoms with Crippen molar-refractivity contribution in [2.75, 3.05) is 0 Å². The molecule has 0 aliphatic carbocycles. The first-order chi connectivity index (χ1) is 17.4. The molecule has 0 aliphatic heterocycles. The van der Waals surface area contributed by atoms with Crippen molar-refractivity contribution in [3.05, 3.63) is 121 Å². The molecule has 0 aliphatic rings. The number of hydrogen-bond donors (Lipinski definition) is 0. The summed E-state index contributed by atoms with van der Waals surface area (Å²) >= 11 is 0. The van der Waals surface area contributed by atoms with Crippen molar-refractivity contribution in [1.29, 1.82) is 0 Å². The topological polar surface area (TPSA) is 13.1 Å². The maximum absolute atomic E-state index is 6.54. The Morgan fingerprint density at radius 2 is 1.06 bits per heavy atom. The molecule has 8 aromatic rings. The Morgan fingerprint density at radius 1 is 0.400 bits per heavy atom. The Bertz CT molecular complexity index is 2110. The number of benzene rings is 7. The van der Waals surface area contributed by atoms with Gasteiger partial charge in [0.25, 0.3) is 0 Å². The summed E-state index contributed by atoms with van der Waals surface area (Å²) in [4.78, 5) is 0. The molecule has 0 unspecified atom stereocenters. The van der Waals surface area contributed by atoms with Gasteiger partial charge in [-0.3, -0.25) is 0 Å². The maximum Gasteiger partial charge on any atom is 0.143 e. The van der Waals surface area contributed by atoms with Crippen LogP contribution in [0.25, 0.3) is 76.2 Å². The van der Waals surface area contributed by atoms with Gasteiger partial charge in [-0.25, -0.2) is 0 Å². The van der Waals surface area contributed by atoms with E-state index in [0.717, 1.165) is 21.9 Å². The van der Waals surface area contributed by atoms with Crippen LogP contribution < -0.4 is 0 Å². The lowest BCUT2D eigenvalue weighted by Crippen LogP contribution is -1.88. The molecule has 35 heavy (non-hydrogen) atoms. The minimum Gasteiger partial charge on any atom is -0.455 e. The van der Waals surface area contributed by atoms with Crippen LogP contribution in [0, 0.1) is 0 Å². The smallest absolute Gasteiger partial charge is 0.143 e. The molecule has 0 N–H and O–H groups in total. The van der Waals surface area contributed by atoms with Crippen molar-refractivity contribution >= 4 is 65.0 Å². The van der Waals surface area contributed by atoms with Crippen LogP contribution in [0.2, 0.25) is 0 Å². The summed E-state index contributed by atoms with van der Waals surface area (Å²) in [7, 11) is 0. The predicted molar refractivity (Wildman–Crippen MR) is 149 cm³/mol. The Labute approximate surface area is 201 Å². The SMILES string of the molecule is c1ccc2c(-c3cccc4oc5c6ccccc6ccc5c34)c3c(ccc4ccccc43)cc2c1. The summed E-state index contributed by atoms with van der Waals surface area (Å²) < 4.78 is 6.54. The highest BCUT2D eigenvalue weighted by atomic mass is 16.3. The van der Waals surface area contributed by atoms with Gasteiger partial charge in [0.05, 0.1) is 0 Å². The highest BCUT2D eigenvalue weighted by molar-refractivity contribution is 6.27. The van der Waals surface area contributed by atoms with E-state index in [2.05, 4.69) is 121 Å². The number of fused-ring (bicyclic) bond motifs is 9. The molecular weight excluding hydrogens is 424 g/mol. The Hall–Kier alpha value is -4.62.